The van der Waals surface area contributed by atoms with Gasteiger partial charge in [0.15, 0.2) is 0 Å². The molecule has 1 aliphatic heterocycles. The molecule has 3 heteroatoms. The van der Waals surface area contributed by atoms with Gasteiger partial charge in [-0.3, -0.25) is 4.90 Å². The van der Waals surface area contributed by atoms with Gasteiger partial charge in [0.25, 0.3) is 0 Å². The van der Waals surface area contributed by atoms with Gasteiger partial charge in [0.05, 0.1) is 6.04 Å². The van der Waals surface area contributed by atoms with E-state index >= 15 is 0 Å². The Balaban J connectivity index is 2.24. The van der Waals surface area contributed by atoms with Crippen molar-refractivity contribution < 1.29 is 9.53 Å². The Hall–Kier alpha value is -1.77. The molecule has 0 spiro atoms. The van der Waals surface area contributed by atoms with Crippen LogP contribution in [0.1, 0.15) is 45.2 Å². The third-order valence-electron chi connectivity index (χ3n) is 3.51. The van der Waals surface area contributed by atoms with Gasteiger partial charge in [-0.25, -0.2) is 4.79 Å². The summed E-state index contributed by atoms with van der Waals surface area (Å²) < 4.78 is 5.56. The largest absolute Gasteiger partial charge is 0.444 e. The first kappa shape index (κ1) is 15.6. The second kappa shape index (κ2) is 6.33. The Morgan fingerprint density at radius 1 is 1.33 bits per heavy atom. The van der Waals surface area contributed by atoms with Gasteiger partial charge >= 0.3 is 6.09 Å². The van der Waals surface area contributed by atoms with Crippen LogP contribution < -0.4 is 0 Å². The summed E-state index contributed by atoms with van der Waals surface area (Å²) in [6.07, 6.45) is 5.84. The van der Waals surface area contributed by atoms with Gasteiger partial charge in [0, 0.05) is 6.54 Å². The fourth-order valence-electron chi connectivity index (χ4n) is 2.53. The maximum Gasteiger partial charge on any atom is 0.411 e. The number of fused-ring (bicyclic) bond motifs is 1. The van der Waals surface area contributed by atoms with Gasteiger partial charge in [-0.05, 0) is 44.7 Å². The van der Waals surface area contributed by atoms with E-state index in [4.69, 9.17) is 4.74 Å². The molecule has 2 rings (SSSR count). The van der Waals surface area contributed by atoms with Crippen LogP contribution in [0, 0.1) is 0 Å². The number of ether oxygens (including phenoxy) is 1. The third kappa shape index (κ3) is 4.10. The zero-order chi connectivity index (χ0) is 15.5. The van der Waals surface area contributed by atoms with Crippen molar-refractivity contribution in [3.8, 4) is 0 Å². The summed E-state index contributed by atoms with van der Waals surface area (Å²) in [7, 11) is 0. The van der Waals surface area contributed by atoms with Gasteiger partial charge in [-0.1, -0.05) is 43.3 Å². The van der Waals surface area contributed by atoms with Crippen LogP contribution in [0.5, 0.6) is 0 Å². The van der Waals surface area contributed by atoms with Gasteiger partial charge in [-0.2, -0.15) is 0 Å². The Kier molecular flexibility index (Phi) is 4.71. The number of nitrogens with zero attached hydrogens (tertiary/aromatic N) is 1. The number of rotatable bonds is 2. The molecular formula is C18H25NO2. The smallest absolute Gasteiger partial charge is 0.411 e. The molecule has 1 aliphatic rings. The molecule has 0 aliphatic carbocycles. The van der Waals surface area contributed by atoms with E-state index in [1.807, 2.05) is 31.7 Å². The maximum absolute atomic E-state index is 12.5. The fraction of sp³-hybridized carbons (Fsp3) is 0.500. The molecule has 1 amide bonds. The minimum atomic E-state index is -0.465. The lowest BCUT2D eigenvalue weighted by atomic mass is 9.94. The molecule has 3 nitrogen and oxygen atoms in total. The fourth-order valence-corrected chi connectivity index (χ4v) is 2.53. The van der Waals surface area contributed by atoms with Crippen molar-refractivity contribution in [2.24, 2.45) is 0 Å². The summed E-state index contributed by atoms with van der Waals surface area (Å²) in [6.45, 7) is 8.42. The minimum Gasteiger partial charge on any atom is -0.444 e. The normalized spacial score (nSPS) is 18.7. The number of hydrogen-bond donors (Lipinski definition) is 0. The van der Waals surface area contributed by atoms with Crippen molar-refractivity contribution in [1.82, 2.24) is 4.90 Å². The van der Waals surface area contributed by atoms with Crippen molar-refractivity contribution in [3.63, 3.8) is 0 Å². The summed E-state index contributed by atoms with van der Waals surface area (Å²) in [5.41, 5.74) is 2.07. The number of allylic oxidation sites excluding steroid dienone is 1. The first-order valence-corrected chi connectivity index (χ1v) is 7.64. The highest BCUT2D eigenvalue weighted by Gasteiger charge is 2.31. The topological polar surface area (TPSA) is 29.5 Å². The van der Waals surface area contributed by atoms with Crippen LogP contribution in [0.25, 0.3) is 0 Å². The van der Waals surface area contributed by atoms with Gasteiger partial charge in [0.2, 0.25) is 0 Å². The molecule has 0 N–H and O–H groups in total. The van der Waals surface area contributed by atoms with Gasteiger partial charge in [0.1, 0.15) is 5.60 Å². The highest BCUT2D eigenvalue weighted by molar-refractivity contribution is 5.69. The molecule has 1 aromatic carbocycles. The van der Waals surface area contributed by atoms with Gasteiger partial charge in [-0.15, -0.1) is 0 Å². The monoisotopic (exact) mass is 287 g/mol. The number of carbonyl (C=O) groups is 1. The molecule has 0 saturated heterocycles. The van der Waals surface area contributed by atoms with Crippen LogP contribution >= 0.6 is 0 Å². The lowest BCUT2D eigenvalue weighted by Gasteiger charge is -2.36. The van der Waals surface area contributed by atoms with Gasteiger partial charge < -0.3 is 4.74 Å². The molecule has 0 bridgehead atoms. The Morgan fingerprint density at radius 3 is 2.62 bits per heavy atom. The quantitative estimate of drug-likeness (QED) is 0.758. The summed E-state index contributed by atoms with van der Waals surface area (Å²) >= 11 is 0. The zero-order valence-electron chi connectivity index (χ0n) is 13.4. The van der Waals surface area contributed by atoms with E-state index in [0.29, 0.717) is 6.54 Å². The van der Waals surface area contributed by atoms with E-state index < -0.39 is 5.60 Å². The van der Waals surface area contributed by atoms with Crippen LogP contribution in [0.3, 0.4) is 0 Å². The molecule has 1 heterocycles. The predicted molar refractivity (Wildman–Crippen MR) is 85.1 cm³/mol. The van der Waals surface area contributed by atoms with Crippen molar-refractivity contribution in [2.75, 3.05) is 0 Å². The number of carbonyl (C=O) groups excluding carboxylic acids is 1. The summed E-state index contributed by atoms with van der Waals surface area (Å²) in [5.74, 6) is 0. The second-order valence-corrected chi connectivity index (χ2v) is 6.48. The van der Waals surface area contributed by atoms with E-state index in [2.05, 4.69) is 37.3 Å². The van der Waals surface area contributed by atoms with E-state index in [1.165, 1.54) is 11.1 Å². The molecule has 1 atom stereocenters. The van der Waals surface area contributed by atoms with Crippen LogP contribution in [0.15, 0.2) is 36.4 Å². The SMILES string of the molecule is CC/C=C/C1Cc2ccccc2CN1C(=O)OC(C)(C)C. The first-order valence-electron chi connectivity index (χ1n) is 7.64. The minimum absolute atomic E-state index is 0.0784. The highest BCUT2D eigenvalue weighted by atomic mass is 16.6. The van der Waals surface area contributed by atoms with Crippen LogP contribution in [0.4, 0.5) is 4.79 Å². The standard InChI is InChI=1S/C18H25NO2/c1-5-6-11-16-12-14-9-7-8-10-15(14)13-19(16)17(20)21-18(2,3)4/h6-11,16H,5,12-13H2,1-4H3/b11-6+. The Labute approximate surface area is 127 Å². The van der Waals surface area contributed by atoms with E-state index in [-0.39, 0.29) is 12.1 Å². The second-order valence-electron chi connectivity index (χ2n) is 6.48. The maximum atomic E-state index is 12.5. The highest BCUT2D eigenvalue weighted by Crippen LogP contribution is 2.26. The number of hydrogen-bond acceptors (Lipinski definition) is 2. The predicted octanol–water partition coefficient (Wildman–Crippen LogP) is 4.31. The molecular weight excluding hydrogens is 262 g/mol. The lowest BCUT2D eigenvalue weighted by molar-refractivity contribution is 0.0164. The van der Waals surface area contributed by atoms with E-state index in [0.717, 1.165) is 12.8 Å². The average molecular weight is 287 g/mol. The van der Waals surface area contributed by atoms with Crippen molar-refractivity contribution >= 4 is 6.09 Å². The van der Waals surface area contributed by atoms with Crippen LogP contribution in [-0.4, -0.2) is 22.6 Å². The first-order chi connectivity index (χ1) is 9.90. The summed E-state index contributed by atoms with van der Waals surface area (Å²) in [6, 6.07) is 8.40. The van der Waals surface area contributed by atoms with E-state index in [9.17, 15) is 4.79 Å². The van der Waals surface area contributed by atoms with E-state index in [1.54, 1.807) is 0 Å². The van der Waals surface area contributed by atoms with Crippen LogP contribution in [0.2, 0.25) is 0 Å². The summed E-state index contributed by atoms with van der Waals surface area (Å²) in [4.78, 5) is 14.3. The Morgan fingerprint density at radius 2 is 2.00 bits per heavy atom. The lowest BCUT2D eigenvalue weighted by Crippen LogP contribution is -2.45. The van der Waals surface area contributed by atoms with Crippen molar-refractivity contribution in [3.05, 3.63) is 47.5 Å². The zero-order valence-corrected chi connectivity index (χ0v) is 13.4. The molecule has 21 heavy (non-hydrogen) atoms. The molecule has 114 valence electrons. The molecule has 1 aromatic rings. The Bertz CT molecular complexity index is 528. The van der Waals surface area contributed by atoms with Crippen molar-refractivity contribution in [1.29, 1.82) is 0 Å². The molecule has 0 fully saturated rings. The molecule has 0 saturated carbocycles. The average Bonchev–Trinajstić information content (AvgIpc) is 2.42. The van der Waals surface area contributed by atoms with Crippen LogP contribution in [-0.2, 0) is 17.7 Å². The third-order valence-corrected chi connectivity index (χ3v) is 3.51. The molecule has 0 radical (unpaired) electrons. The number of benzene rings is 1. The molecule has 0 aromatic heterocycles. The molecule has 1 unspecified atom stereocenters. The summed E-state index contributed by atoms with van der Waals surface area (Å²) in [5, 5.41) is 0. The number of amides is 1. The van der Waals surface area contributed by atoms with Crippen molar-refractivity contribution in [2.45, 2.75) is 58.7 Å².